The average molecular weight is 231 g/mol. The summed E-state index contributed by atoms with van der Waals surface area (Å²) in [5, 5.41) is 13.5. The third-order valence-electron chi connectivity index (χ3n) is 2.42. The Labute approximate surface area is 98.3 Å². The van der Waals surface area contributed by atoms with Crippen molar-refractivity contribution in [2.24, 2.45) is 0 Å². The zero-order valence-corrected chi connectivity index (χ0v) is 9.18. The number of pyridine rings is 1. The molecule has 88 valence electrons. The molecule has 0 saturated carbocycles. The van der Waals surface area contributed by atoms with Crippen LogP contribution in [0.15, 0.2) is 30.5 Å². The molecule has 0 aliphatic carbocycles. The number of nitrogen functional groups attached to an aromatic ring is 1. The lowest BCUT2D eigenvalue weighted by molar-refractivity contribution is -0.136. The molecule has 17 heavy (non-hydrogen) atoms. The topological polar surface area (TPSA) is 88.2 Å². The molecule has 1 aromatic carbocycles. The molecule has 0 atom stereocenters. The van der Waals surface area contributed by atoms with Gasteiger partial charge in [-0.3, -0.25) is 4.79 Å². The van der Waals surface area contributed by atoms with Crippen LogP contribution in [0.25, 0.3) is 10.8 Å². The van der Waals surface area contributed by atoms with Crippen molar-refractivity contribution >= 4 is 28.2 Å². The second-order valence-corrected chi connectivity index (χ2v) is 3.71. The predicted molar refractivity (Wildman–Crippen MR) is 66.9 cm³/mol. The summed E-state index contributed by atoms with van der Waals surface area (Å²) in [5.74, 6) is -0.173. The summed E-state index contributed by atoms with van der Waals surface area (Å²) in [4.78, 5) is 14.6. The zero-order valence-electron chi connectivity index (χ0n) is 9.18. The normalized spacial score (nSPS) is 10.4. The first kappa shape index (κ1) is 11.2. The molecule has 1 aromatic heterocycles. The maximum atomic E-state index is 10.4. The fraction of sp³-hybridized carbons (Fsp3) is 0.167. The molecule has 0 amide bonds. The summed E-state index contributed by atoms with van der Waals surface area (Å²) in [6.07, 6.45) is 1.74. The molecule has 0 radical (unpaired) electrons. The highest BCUT2D eigenvalue weighted by Crippen LogP contribution is 2.23. The zero-order chi connectivity index (χ0) is 12.3. The molecule has 2 rings (SSSR count). The van der Waals surface area contributed by atoms with Crippen molar-refractivity contribution in [1.29, 1.82) is 0 Å². The highest BCUT2D eigenvalue weighted by Gasteiger charge is 2.03. The van der Waals surface area contributed by atoms with Crippen LogP contribution in [-0.2, 0) is 4.79 Å². The molecule has 0 saturated heterocycles. The first-order chi connectivity index (χ1) is 8.16. The number of fused-ring (bicyclic) bond motifs is 1. The molecule has 0 bridgehead atoms. The van der Waals surface area contributed by atoms with Crippen LogP contribution >= 0.6 is 0 Å². The van der Waals surface area contributed by atoms with E-state index in [2.05, 4.69) is 10.3 Å². The minimum absolute atomic E-state index is 0.0559. The monoisotopic (exact) mass is 231 g/mol. The number of nitrogens with zero attached hydrogens (tertiary/aromatic N) is 1. The quantitative estimate of drug-likeness (QED) is 0.697. The summed E-state index contributed by atoms with van der Waals surface area (Å²) in [6.45, 7) is 0.343. The number of rotatable bonds is 4. The Morgan fingerprint density at radius 3 is 3.00 bits per heavy atom. The largest absolute Gasteiger partial charge is 0.481 e. The van der Waals surface area contributed by atoms with Gasteiger partial charge >= 0.3 is 5.97 Å². The maximum Gasteiger partial charge on any atom is 0.305 e. The molecule has 5 heteroatoms. The second kappa shape index (κ2) is 4.69. The fourth-order valence-electron chi connectivity index (χ4n) is 1.61. The molecular formula is C12H13N3O2. The van der Waals surface area contributed by atoms with Crippen molar-refractivity contribution in [1.82, 2.24) is 4.98 Å². The molecule has 1 heterocycles. The minimum Gasteiger partial charge on any atom is -0.481 e. The van der Waals surface area contributed by atoms with Gasteiger partial charge in [0, 0.05) is 23.8 Å². The number of carbonyl (C=O) groups is 1. The van der Waals surface area contributed by atoms with Crippen molar-refractivity contribution < 1.29 is 9.90 Å². The van der Waals surface area contributed by atoms with Crippen molar-refractivity contribution in [3.05, 3.63) is 30.5 Å². The van der Waals surface area contributed by atoms with Crippen LogP contribution in [0.4, 0.5) is 11.5 Å². The number of benzene rings is 1. The summed E-state index contributed by atoms with van der Waals surface area (Å²) in [7, 11) is 0. The van der Waals surface area contributed by atoms with Crippen LogP contribution in [0, 0.1) is 0 Å². The van der Waals surface area contributed by atoms with Crippen molar-refractivity contribution in [3.8, 4) is 0 Å². The predicted octanol–water partition coefficient (Wildman–Crippen LogP) is 1.70. The Balaban J connectivity index is 2.27. The Morgan fingerprint density at radius 1 is 1.41 bits per heavy atom. The van der Waals surface area contributed by atoms with Gasteiger partial charge in [-0.25, -0.2) is 4.98 Å². The van der Waals surface area contributed by atoms with E-state index >= 15 is 0 Å². The average Bonchev–Trinajstić information content (AvgIpc) is 2.29. The number of nitrogens with two attached hydrogens (primary N) is 1. The lowest BCUT2D eigenvalue weighted by Crippen LogP contribution is -2.08. The Morgan fingerprint density at radius 2 is 2.24 bits per heavy atom. The van der Waals surface area contributed by atoms with Gasteiger partial charge in [0.2, 0.25) is 0 Å². The molecule has 4 N–H and O–H groups in total. The van der Waals surface area contributed by atoms with E-state index in [1.165, 1.54) is 0 Å². The van der Waals surface area contributed by atoms with Gasteiger partial charge in [-0.2, -0.15) is 0 Å². The van der Waals surface area contributed by atoms with Crippen LogP contribution in [-0.4, -0.2) is 22.6 Å². The van der Waals surface area contributed by atoms with Gasteiger partial charge in [-0.1, -0.05) is 6.07 Å². The van der Waals surface area contributed by atoms with Gasteiger partial charge in [0.25, 0.3) is 0 Å². The number of aliphatic carboxylic acids is 1. The van der Waals surface area contributed by atoms with E-state index in [0.29, 0.717) is 18.1 Å². The van der Waals surface area contributed by atoms with Gasteiger partial charge in [0.05, 0.1) is 6.42 Å². The molecule has 0 fully saturated rings. The van der Waals surface area contributed by atoms with Crippen LogP contribution in [0.1, 0.15) is 6.42 Å². The van der Waals surface area contributed by atoms with Gasteiger partial charge in [0.15, 0.2) is 0 Å². The second-order valence-electron chi connectivity index (χ2n) is 3.71. The number of hydrogen-bond acceptors (Lipinski definition) is 4. The third-order valence-corrected chi connectivity index (χ3v) is 2.42. The maximum absolute atomic E-state index is 10.4. The number of aromatic nitrogens is 1. The lowest BCUT2D eigenvalue weighted by Gasteiger charge is -2.08. The SMILES string of the molecule is Nc1ccc2ccnc(NCCC(=O)O)c2c1. The fourth-order valence-corrected chi connectivity index (χ4v) is 1.61. The smallest absolute Gasteiger partial charge is 0.305 e. The molecule has 0 aliphatic rings. The summed E-state index contributed by atoms with van der Waals surface area (Å²) < 4.78 is 0. The number of hydrogen-bond donors (Lipinski definition) is 3. The van der Waals surface area contributed by atoms with Crippen LogP contribution in [0.3, 0.4) is 0 Å². The van der Waals surface area contributed by atoms with Gasteiger partial charge in [-0.05, 0) is 23.6 Å². The van der Waals surface area contributed by atoms with E-state index in [0.717, 1.165) is 10.8 Å². The Kier molecular flexibility index (Phi) is 3.09. The minimum atomic E-state index is -0.836. The highest BCUT2D eigenvalue weighted by molar-refractivity contribution is 5.93. The van der Waals surface area contributed by atoms with E-state index < -0.39 is 5.97 Å². The Bertz CT molecular complexity index is 554. The van der Waals surface area contributed by atoms with E-state index in [1.54, 1.807) is 6.20 Å². The van der Waals surface area contributed by atoms with Crippen LogP contribution in [0.2, 0.25) is 0 Å². The van der Waals surface area contributed by atoms with E-state index in [9.17, 15) is 4.79 Å². The summed E-state index contributed by atoms with van der Waals surface area (Å²) in [5.41, 5.74) is 6.38. The van der Waals surface area contributed by atoms with E-state index in [4.69, 9.17) is 10.8 Å². The first-order valence-electron chi connectivity index (χ1n) is 5.27. The van der Waals surface area contributed by atoms with Gasteiger partial charge in [0.1, 0.15) is 5.82 Å². The third kappa shape index (κ3) is 2.63. The number of carboxylic acid groups (broad SMARTS) is 1. The highest BCUT2D eigenvalue weighted by atomic mass is 16.4. The molecule has 0 spiro atoms. The number of nitrogens with one attached hydrogen (secondary N) is 1. The Hall–Kier alpha value is -2.30. The molecule has 0 unspecified atom stereocenters. The first-order valence-corrected chi connectivity index (χ1v) is 5.27. The van der Waals surface area contributed by atoms with Gasteiger partial charge in [-0.15, -0.1) is 0 Å². The van der Waals surface area contributed by atoms with E-state index in [1.807, 2.05) is 24.3 Å². The molecular weight excluding hydrogens is 218 g/mol. The summed E-state index contributed by atoms with van der Waals surface area (Å²) in [6, 6.07) is 7.45. The number of carboxylic acids is 1. The summed E-state index contributed by atoms with van der Waals surface area (Å²) >= 11 is 0. The lowest BCUT2D eigenvalue weighted by atomic mass is 10.1. The standard InChI is InChI=1S/C12H13N3O2/c13-9-2-1-8-3-5-14-12(10(8)7-9)15-6-4-11(16)17/h1-3,5,7H,4,6,13H2,(H,14,15)(H,16,17). The van der Waals surface area contributed by atoms with Crippen LogP contribution < -0.4 is 11.1 Å². The van der Waals surface area contributed by atoms with Crippen molar-refractivity contribution in [2.45, 2.75) is 6.42 Å². The van der Waals surface area contributed by atoms with Crippen molar-refractivity contribution in [2.75, 3.05) is 17.6 Å². The van der Waals surface area contributed by atoms with Crippen molar-refractivity contribution in [3.63, 3.8) is 0 Å². The van der Waals surface area contributed by atoms with E-state index in [-0.39, 0.29) is 6.42 Å². The van der Waals surface area contributed by atoms with Gasteiger partial charge < -0.3 is 16.2 Å². The molecule has 5 nitrogen and oxygen atoms in total. The molecule has 0 aliphatic heterocycles. The molecule has 2 aromatic rings. The number of anilines is 2. The van der Waals surface area contributed by atoms with Crippen LogP contribution in [0.5, 0.6) is 0 Å².